The van der Waals surface area contributed by atoms with Gasteiger partial charge in [-0.05, 0) is 18.4 Å². The summed E-state index contributed by atoms with van der Waals surface area (Å²) in [5, 5.41) is 6.83. The normalized spacial score (nSPS) is 11.0. The third kappa shape index (κ3) is 4.04. The van der Waals surface area contributed by atoms with E-state index >= 15 is 0 Å². The van der Waals surface area contributed by atoms with Crippen LogP contribution in [0.3, 0.4) is 0 Å². The van der Waals surface area contributed by atoms with Gasteiger partial charge in [-0.25, -0.2) is 4.98 Å². The molecule has 0 unspecified atom stereocenters. The third-order valence-electron chi connectivity index (χ3n) is 2.93. The summed E-state index contributed by atoms with van der Waals surface area (Å²) >= 11 is 1.60. The van der Waals surface area contributed by atoms with E-state index in [9.17, 15) is 4.79 Å². The number of thiophene rings is 1. The number of nitrogens with zero attached hydrogens (tertiary/aromatic N) is 2. The molecule has 2 heterocycles. The zero-order chi connectivity index (χ0) is 15.4. The summed E-state index contributed by atoms with van der Waals surface area (Å²) in [6, 6.07) is 2.05. The Morgan fingerprint density at radius 1 is 1.43 bits per heavy atom. The molecule has 1 amide bonds. The van der Waals surface area contributed by atoms with Crippen molar-refractivity contribution >= 4 is 39.2 Å². The second-order valence-electron chi connectivity index (χ2n) is 5.27. The maximum Gasteiger partial charge on any atom is 0.239 e. The van der Waals surface area contributed by atoms with Crippen LogP contribution in [0.2, 0.25) is 0 Å². The van der Waals surface area contributed by atoms with Crippen molar-refractivity contribution in [2.75, 3.05) is 24.1 Å². The fraction of sp³-hybridized carbons (Fsp3) is 0.500. The van der Waals surface area contributed by atoms with Gasteiger partial charge in [-0.15, -0.1) is 11.3 Å². The van der Waals surface area contributed by atoms with E-state index in [1.54, 1.807) is 11.3 Å². The van der Waals surface area contributed by atoms with Crippen LogP contribution in [0.15, 0.2) is 6.07 Å². The number of rotatable bonds is 6. The second kappa shape index (κ2) is 6.71. The van der Waals surface area contributed by atoms with Crippen LogP contribution in [0, 0.1) is 5.92 Å². The number of nitrogens with two attached hydrogens (primary N) is 1. The lowest BCUT2D eigenvalue weighted by Crippen LogP contribution is -2.32. The van der Waals surface area contributed by atoms with Gasteiger partial charge in [-0.1, -0.05) is 20.8 Å². The number of fused-ring (bicyclic) bond motifs is 1. The maximum absolute atomic E-state index is 11.8. The Labute approximate surface area is 128 Å². The highest BCUT2D eigenvalue weighted by atomic mass is 32.1. The van der Waals surface area contributed by atoms with Gasteiger partial charge in [0, 0.05) is 11.4 Å². The smallest absolute Gasteiger partial charge is 0.239 e. The number of hydrogen-bond acceptors (Lipinski definition) is 6. The quantitative estimate of drug-likeness (QED) is 0.759. The van der Waals surface area contributed by atoms with Crippen LogP contribution in [0.1, 0.15) is 25.6 Å². The maximum atomic E-state index is 11.8. The minimum atomic E-state index is -0.0556. The van der Waals surface area contributed by atoms with Gasteiger partial charge in [0.15, 0.2) is 0 Å². The molecule has 0 aliphatic carbocycles. The molecule has 2 aromatic heterocycles. The van der Waals surface area contributed by atoms with Crippen molar-refractivity contribution in [3.8, 4) is 0 Å². The number of nitrogen functional groups attached to an aromatic ring is 1. The van der Waals surface area contributed by atoms with Gasteiger partial charge in [0.1, 0.15) is 10.6 Å². The zero-order valence-electron chi connectivity index (χ0n) is 12.6. The molecule has 7 heteroatoms. The minimum Gasteiger partial charge on any atom is -0.368 e. The molecule has 0 aliphatic heterocycles. The first-order valence-electron chi connectivity index (χ1n) is 7.06. The van der Waals surface area contributed by atoms with Gasteiger partial charge in [0.25, 0.3) is 0 Å². The number of hydrogen-bond donors (Lipinski definition) is 3. The summed E-state index contributed by atoms with van der Waals surface area (Å²) < 4.78 is 0. The first-order valence-corrected chi connectivity index (χ1v) is 7.87. The Morgan fingerprint density at radius 3 is 2.86 bits per heavy atom. The predicted molar refractivity (Wildman–Crippen MR) is 87.5 cm³/mol. The standard InChI is InChI=1S/C14H21N5OS/c1-4-9-5-10-12(18-14(15)19-13(10)21-9)17-7-11(20)16-6-8(2)3/h5,8H,4,6-7H2,1-3H3,(H,16,20)(H3,15,17,18,19). The number of anilines is 2. The Morgan fingerprint density at radius 2 is 2.19 bits per heavy atom. The third-order valence-corrected chi connectivity index (χ3v) is 4.11. The van der Waals surface area contributed by atoms with Crippen molar-refractivity contribution in [2.24, 2.45) is 5.92 Å². The van der Waals surface area contributed by atoms with Crippen LogP contribution in [0.25, 0.3) is 10.2 Å². The number of nitrogens with one attached hydrogen (secondary N) is 2. The first-order chi connectivity index (χ1) is 9.99. The van der Waals surface area contributed by atoms with E-state index in [1.165, 1.54) is 4.88 Å². The van der Waals surface area contributed by atoms with E-state index in [-0.39, 0.29) is 18.4 Å². The monoisotopic (exact) mass is 307 g/mol. The minimum absolute atomic E-state index is 0.0556. The molecule has 4 N–H and O–H groups in total. The van der Waals surface area contributed by atoms with Crippen molar-refractivity contribution in [1.29, 1.82) is 0 Å². The molecule has 0 saturated heterocycles. The lowest BCUT2D eigenvalue weighted by Gasteiger charge is -2.09. The number of carbonyl (C=O) groups excluding carboxylic acids is 1. The van der Waals surface area contributed by atoms with Crippen LogP contribution in [0.4, 0.5) is 11.8 Å². The average molecular weight is 307 g/mol. The van der Waals surface area contributed by atoms with E-state index in [4.69, 9.17) is 5.73 Å². The molecule has 21 heavy (non-hydrogen) atoms. The summed E-state index contributed by atoms with van der Waals surface area (Å²) in [7, 11) is 0. The number of aromatic nitrogens is 2. The number of aryl methyl sites for hydroxylation is 1. The van der Waals surface area contributed by atoms with Crippen molar-refractivity contribution in [3.63, 3.8) is 0 Å². The van der Waals surface area contributed by atoms with Crippen molar-refractivity contribution < 1.29 is 4.79 Å². The zero-order valence-corrected chi connectivity index (χ0v) is 13.4. The molecule has 114 valence electrons. The number of amides is 1. The van der Waals surface area contributed by atoms with Gasteiger partial charge in [-0.3, -0.25) is 4.79 Å². The molecule has 0 aromatic carbocycles. The van der Waals surface area contributed by atoms with Crippen molar-refractivity contribution in [2.45, 2.75) is 27.2 Å². The molecule has 2 aromatic rings. The van der Waals surface area contributed by atoms with Crippen LogP contribution >= 0.6 is 11.3 Å². The molecular weight excluding hydrogens is 286 g/mol. The lowest BCUT2D eigenvalue weighted by atomic mass is 10.2. The molecule has 0 aliphatic rings. The largest absolute Gasteiger partial charge is 0.368 e. The van der Waals surface area contributed by atoms with Crippen LogP contribution in [0.5, 0.6) is 0 Å². The van der Waals surface area contributed by atoms with E-state index in [1.807, 2.05) is 6.07 Å². The second-order valence-corrected chi connectivity index (χ2v) is 6.38. The van der Waals surface area contributed by atoms with Gasteiger partial charge in [-0.2, -0.15) is 4.98 Å². The van der Waals surface area contributed by atoms with Gasteiger partial charge < -0.3 is 16.4 Å². The molecule has 0 bridgehead atoms. The van der Waals surface area contributed by atoms with Crippen LogP contribution in [-0.4, -0.2) is 29.0 Å². The van der Waals surface area contributed by atoms with E-state index < -0.39 is 0 Å². The Balaban J connectivity index is 2.10. The van der Waals surface area contributed by atoms with Crippen LogP contribution < -0.4 is 16.4 Å². The van der Waals surface area contributed by atoms with Gasteiger partial charge in [0.05, 0.1) is 11.9 Å². The Bertz CT molecular complexity index is 638. The fourth-order valence-electron chi connectivity index (χ4n) is 1.84. The summed E-state index contributed by atoms with van der Waals surface area (Å²) in [5.74, 6) is 1.21. The molecule has 0 atom stereocenters. The topological polar surface area (TPSA) is 92.9 Å². The Kier molecular flexibility index (Phi) is 4.95. The van der Waals surface area contributed by atoms with E-state index in [2.05, 4.69) is 41.4 Å². The molecule has 0 radical (unpaired) electrons. The van der Waals surface area contributed by atoms with E-state index in [0.29, 0.717) is 18.3 Å². The molecule has 0 saturated carbocycles. The van der Waals surface area contributed by atoms with Crippen LogP contribution in [-0.2, 0) is 11.2 Å². The van der Waals surface area contributed by atoms with Crippen molar-refractivity contribution in [3.05, 3.63) is 10.9 Å². The molecule has 2 rings (SSSR count). The average Bonchev–Trinajstić information content (AvgIpc) is 2.85. The molecular formula is C14H21N5OS. The summed E-state index contributed by atoms with van der Waals surface area (Å²) in [4.78, 5) is 22.3. The highest BCUT2D eigenvalue weighted by Crippen LogP contribution is 2.29. The first kappa shape index (κ1) is 15.5. The molecule has 6 nitrogen and oxygen atoms in total. The van der Waals surface area contributed by atoms with Crippen molar-refractivity contribution in [1.82, 2.24) is 15.3 Å². The number of carbonyl (C=O) groups is 1. The Hall–Kier alpha value is -1.89. The predicted octanol–water partition coefficient (Wildman–Crippen LogP) is 2.02. The highest BCUT2D eigenvalue weighted by Gasteiger charge is 2.11. The van der Waals surface area contributed by atoms with E-state index in [0.717, 1.165) is 16.6 Å². The lowest BCUT2D eigenvalue weighted by molar-refractivity contribution is -0.119. The van der Waals surface area contributed by atoms with Gasteiger partial charge in [0.2, 0.25) is 11.9 Å². The SMILES string of the molecule is CCc1cc2c(NCC(=O)NCC(C)C)nc(N)nc2s1. The summed E-state index contributed by atoms with van der Waals surface area (Å²) in [6.07, 6.45) is 0.940. The summed E-state index contributed by atoms with van der Waals surface area (Å²) in [5.41, 5.74) is 5.72. The fourth-order valence-corrected chi connectivity index (χ4v) is 2.82. The molecule has 0 spiro atoms. The summed E-state index contributed by atoms with van der Waals surface area (Å²) in [6.45, 7) is 7.05. The van der Waals surface area contributed by atoms with Gasteiger partial charge >= 0.3 is 0 Å². The highest BCUT2D eigenvalue weighted by molar-refractivity contribution is 7.18. The molecule has 0 fully saturated rings.